The first-order valence-electron chi connectivity index (χ1n) is 2.02. The molecule has 0 amide bonds. The van der Waals surface area contributed by atoms with Crippen LogP contribution in [0.15, 0.2) is 0 Å². The van der Waals surface area contributed by atoms with Gasteiger partial charge in [-0.2, -0.15) is 8.78 Å². The van der Waals surface area contributed by atoms with Crippen LogP contribution >= 0.6 is 11.6 Å². The molecule has 4 heteroatoms. The molecular weight excluding hydrogens is 150 g/mol. The molecule has 0 unspecified atom stereocenters. The van der Waals surface area contributed by atoms with Gasteiger partial charge in [-0.25, -0.2) is 0 Å². The van der Waals surface area contributed by atoms with Crippen LogP contribution in [0.1, 0.15) is 6.42 Å². The average molecular weight is 153 g/mol. The summed E-state index contributed by atoms with van der Waals surface area (Å²) in [4.78, 5) is 10.0. The monoisotopic (exact) mass is 152 g/mol. The largest absolute Gasteiger partial charge is 0.381 e. The van der Waals surface area contributed by atoms with Crippen molar-refractivity contribution in [3.05, 3.63) is 0 Å². The van der Waals surface area contributed by atoms with Gasteiger partial charge in [0, 0.05) is 0 Å². The molecule has 1 nitrogen and oxygen atoms in total. The number of hydrogen-bond acceptors (Lipinski definition) is 1. The molecule has 50 valence electrons. The maximum Gasteiger partial charge on any atom is 0.381 e. The summed E-state index contributed by atoms with van der Waals surface area (Å²) in [6.07, 6.45) is 3.93. The minimum Gasteiger partial charge on any atom is -0.290 e. The van der Waals surface area contributed by atoms with Crippen LogP contribution in [0.3, 0.4) is 0 Å². The molecule has 0 saturated carbocycles. The zero-order valence-corrected chi connectivity index (χ0v) is 5.08. The van der Waals surface area contributed by atoms with E-state index in [0.29, 0.717) is 0 Å². The minimum absolute atomic E-state index is 0.628. The Morgan fingerprint density at radius 2 is 2.22 bits per heavy atom. The van der Waals surface area contributed by atoms with E-state index < -0.39 is 17.6 Å². The Bertz CT molecular complexity index is 153. The zero-order valence-electron chi connectivity index (χ0n) is 4.33. The minimum atomic E-state index is -3.80. The van der Waals surface area contributed by atoms with Crippen molar-refractivity contribution in [3.63, 3.8) is 0 Å². The molecule has 0 N–H and O–H groups in total. The van der Waals surface area contributed by atoms with Gasteiger partial charge in [0.15, 0.2) is 0 Å². The van der Waals surface area contributed by atoms with Crippen molar-refractivity contribution in [2.75, 3.05) is 0 Å². The van der Waals surface area contributed by atoms with Crippen LogP contribution in [-0.4, -0.2) is 11.2 Å². The second kappa shape index (κ2) is 2.79. The highest BCUT2D eigenvalue weighted by atomic mass is 35.5. The van der Waals surface area contributed by atoms with E-state index in [4.69, 9.17) is 0 Å². The van der Waals surface area contributed by atoms with E-state index in [1.54, 1.807) is 5.92 Å². The number of carbonyl (C=O) groups is 1. The lowest BCUT2D eigenvalue weighted by molar-refractivity contribution is -0.132. The molecule has 0 aromatic carbocycles. The quantitative estimate of drug-likeness (QED) is 0.432. The molecule has 0 radical (unpaired) electrons. The SMILES string of the molecule is C#CCC(=O)C(F)(F)Cl. The summed E-state index contributed by atoms with van der Waals surface area (Å²) in [7, 11) is 0. The number of hydrogen-bond donors (Lipinski definition) is 0. The summed E-state index contributed by atoms with van der Waals surface area (Å²) in [5.41, 5.74) is 0. The fourth-order valence-electron chi connectivity index (χ4n) is 0.193. The van der Waals surface area contributed by atoms with Gasteiger partial charge in [0.1, 0.15) is 0 Å². The highest BCUT2D eigenvalue weighted by molar-refractivity contribution is 6.32. The second-order valence-electron chi connectivity index (χ2n) is 1.30. The molecule has 0 aliphatic heterocycles. The summed E-state index contributed by atoms with van der Waals surface area (Å²) in [6.45, 7) is 0. The topological polar surface area (TPSA) is 17.1 Å². The molecule has 0 aromatic rings. The van der Waals surface area contributed by atoms with Gasteiger partial charge in [0.25, 0.3) is 0 Å². The smallest absolute Gasteiger partial charge is 0.290 e. The third-order valence-electron chi connectivity index (χ3n) is 0.579. The molecule has 0 aliphatic rings. The maximum atomic E-state index is 11.6. The fraction of sp³-hybridized carbons (Fsp3) is 0.400. The number of ketones is 1. The van der Waals surface area contributed by atoms with Gasteiger partial charge in [-0.05, 0) is 11.6 Å². The predicted molar refractivity (Wildman–Crippen MR) is 29.3 cm³/mol. The van der Waals surface area contributed by atoms with Crippen molar-refractivity contribution in [2.45, 2.75) is 11.8 Å². The highest BCUT2D eigenvalue weighted by Crippen LogP contribution is 2.20. The van der Waals surface area contributed by atoms with Crippen LogP contribution in [0.2, 0.25) is 0 Å². The molecule has 0 spiro atoms. The standard InChI is InChI=1S/C5H3ClF2O/c1-2-3-4(9)5(6,7)8/h1H,3H2. The number of Topliss-reactive ketones (excluding diaryl/α,β-unsaturated/α-hetero) is 1. The van der Waals surface area contributed by atoms with E-state index in [2.05, 4.69) is 18.0 Å². The van der Waals surface area contributed by atoms with Crippen LogP contribution in [0.5, 0.6) is 0 Å². The Hall–Kier alpha value is -0.620. The Labute approximate surface area is 56.0 Å². The number of alkyl halides is 3. The molecule has 0 aliphatic carbocycles. The summed E-state index contributed by atoms with van der Waals surface area (Å²) >= 11 is 4.28. The Kier molecular flexibility index (Phi) is 2.60. The van der Waals surface area contributed by atoms with Gasteiger partial charge in [0.2, 0.25) is 5.78 Å². The second-order valence-corrected chi connectivity index (χ2v) is 1.78. The van der Waals surface area contributed by atoms with Gasteiger partial charge < -0.3 is 0 Å². The molecule has 0 saturated heterocycles. The van der Waals surface area contributed by atoms with Crippen LogP contribution in [0.25, 0.3) is 0 Å². The normalized spacial score (nSPS) is 10.4. The molecule has 0 aromatic heterocycles. The lowest BCUT2D eigenvalue weighted by Crippen LogP contribution is -2.20. The van der Waals surface area contributed by atoms with Gasteiger partial charge in [-0.1, -0.05) is 5.92 Å². The molecule has 0 bridgehead atoms. The summed E-state index contributed by atoms with van der Waals surface area (Å²) in [5.74, 6) is 0.322. The van der Waals surface area contributed by atoms with Gasteiger partial charge in [-0.15, -0.1) is 6.42 Å². The van der Waals surface area contributed by atoms with Crippen molar-refractivity contribution < 1.29 is 13.6 Å². The Morgan fingerprint density at radius 3 is 2.33 bits per heavy atom. The molecule has 0 atom stereocenters. The van der Waals surface area contributed by atoms with Crippen LogP contribution < -0.4 is 0 Å². The first kappa shape index (κ1) is 8.38. The first-order valence-corrected chi connectivity index (χ1v) is 2.39. The third kappa shape index (κ3) is 3.04. The molecule has 0 fully saturated rings. The average Bonchev–Trinajstić information content (AvgIpc) is 1.64. The predicted octanol–water partition coefficient (Wildman–Crippen LogP) is 1.41. The number of carbonyl (C=O) groups excluding carboxylic acids is 1. The van der Waals surface area contributed by atoms with Crippen molar-refractivity contribution in [1.29, 1.82) is 0 Å². The Morgan fingerprint density at radius 1 is 1.78 bits per heavy atom. The van der Waals surface area contributed by atoms with Crippen LogP contribution in [0, 0.1) is 12.3 Å². The van der Waals surface area contributed by atoms with Gasteiger partial charge in [-0.3, -0.25) is 4.79 Å². The highest BCUT2D eigenvalue weighted by Gasteiger charge is 2.34. The van der Waals surface area contributed by atoms with E-state index in [0.717, 1.165) is 0 Å². The van der Waals surface area contributed by atoms with Gasteiger partial charge in [0.05, 0.1) is 6.42 Å². The zero-order chi connectivity index (χ0) is 7.49. The number of terminal acetylenes is 1. The number of rotatable bonds is 2. The lowest BCUT2D eigenvalue weighted by Gasteiger charge is -2.00. The maximum absolute atomic E-state index is 11.6. The summed E-state index contributed by atoms with van der Waals surface area (Å²) in [5, 5.41) is -3.80. The van der Waals surface area contributed by atoms with E-state index in [1.165, 1.54) is 0 Å². The van der Waals surface area contributed by atoms with Crippen molar-refractivity contribution in [3.8, 4) is 12.3 Å². The van der Waals surface area contributed by atoms with E-state index >= 15 is 0 Å². The number of halogens is 3. The summed E-state index contributed by atoms with van der Waals surface area (Å²) < 4.78 is 23.2. The van der Waals surface area contributed by atoms with Crippen molar-refractivity contribution in [2.24, 2.45) is 0 Å². The third-order valence-corrected chi connectivity index (χ3v) is 0.790. The molecular formula is C5H3ClF2O. The fourth-order valence-corrected chi connectivity index (χ4v) is 0.260. The van der Waals surface area contributed by atoms with E-state index in [9.17, 15) is 13.6 Å². The van der Waals surface area contributed by atoms with Crippen molar-refractivity contribution in [1.82, 2.24) is 0 Å². The van der Waals surface area contributed by atoms with E-state index in [-0.39, 0.29) is 0 Å². The van der Waals surface area contributed by atoms with E-state index in [1.807, 2.05) is 0 Å². The first-order chi connectivity index (χ1) is 3.98. The van der Waals surface area contributed by atoms with Crippen LogP contribution in [0.4, 0.5) is 8.78 Å². The molecule has 0 heterocycles. The van der Waals surface area contributed by atoms with Gasteiger partial charge >= 0.3 is 5.38 Å². The Balaban J connectivity index is 3.93. The summed E-state index contributed by atoms with van der Waals surface area (Å²) in [6, 6.07) is 0. The van der Waals surface area contributed by atoms with Crippen molar-refractivity contribution >= 4 is 17.4 Å². The molecule has 9 heavy (non-hydrogen) atoms. The molecule has 0 rings (SSSR count). The van der Waals surface area contributed by atoms with Crippen LogP contribution in [-0.2, 0) is 4.79 Å². The lowest BCUT2D eigenvalue weighted by atomic mass is 10.3.